The number of amides is 1. The van der Waals surface area contributed by atoms with Gasteiger partial charge in [-0.15, -0.1) is 0 Å². The van der Waals surface area contributed by atoms with Crippen LogP contribution in [0.25, 0.3) is 10.9 Å². The van der Waals surface area contributed by atoms with E-state index < -0.39 is 0 Å². The van der Waals surface area contributed by atoms with E-state index in [2.05, 4.69) is 17.2 Å². The number of methoxy groups -OCH3 is 2. The topological polar surface area (TPSA) is 63.3 Å². The molecule has 0 spiro atoms. The van der Waals surface area contributed by atoms with Crippen LogP contribution in [0.3, 0.4) is 0 Å². The van der Waals surface area contributed by atoms with Crippen molar-refractivity contribution in [2.45, 2.75) is 26.8 Å². The smallest absolute Gasteiger partial charge is 0.253 e. The summed E-state index contributed by atoms with van der Waals surface area (Å²) < 4.78 is 10.7. The maximum Gasteiger partial charge on any atom is 0.253 e. The number of H-pyrrole nitrogens is 1. The second-order valence-corrected chi connectivity index (χ2v) is 6.41. The standard InChI is InChI=1S/C21H24N2O3/c1-12-13(2)22-20-16(12)7-6-8-18(20)21(24)23-14(3)17-10-9-15(25-4)11-19(17)26-5/h6-11,14,22H,1-5H3,(H,23,24). The van der Waals surface area contributed by atoms with Crippen LogP contribution in [0.15, 0.2) is 36.4 Å². The third-order valence-electron chi connectivity index (χ3n) is 4.84. The Morgan fingerprint density at radius 3 is 2.58 bits per heavy atom. The molecule has 0 fully saturated rings. The van der Waals surface area contributed by atoms with Gasteiger partial charge in [-0.3, -0.25) is 4.79 Å². The summed E-state index contributed by atoms with van der Waals surface area (Å²) >= 11 is 0. The number of carbonyl (C=O) groups excluding carboxylic acids is 1. The molecule has 1 atom stereocenters. The summed E-state index contributed by atoms with van der Waals surface area (Å²) in [5.41, 5.74) is 4.64. The molecule has 0 saturated heterocycles. The second-order valence-electron chi connectivity index (χ2n) is 6.41. The van der Waals surface area contributed by atoms with Crippen molar-refractivity contribution in [3.63, 3.8) is 0 Å². The zero-order valence-electron chi connectivity index (χ0n) is 15.8. The predicted molar refractivity (Wildman–Crippen MR) is 103 cm³/mol. The van der Waals surface area contributed by atoms with Crippen LogP contribution in [0.4, 0.5) is 0 Å². The minimum Gasteiger partial charge on any atom is -0.497 e. The highest BCUT2D eigenvalue weighted by atomic mass is 16.5. The molecule has 3 aromatic rings. The number of aryl methyl sites for hydroxylation is 2. The molecule has 0 aliphatic rings. The van der Waals surface area contributed by atoms with Crippen molar-refractivity contribution >= 4 is 16.8 Å². The zero-order chi connectivity index (χ0) is 18.8. The SMILES string of the molecule is COc1ccc(C(C)NC(=O)c2cccc3c(C)c(C)[nH]c23)c(OC)c1. The molecule has 3 rings (SSSR count). The normalized spacial score (nSPS) is 12.0. The molecule has 5 nitrogen and oxygen atoms in total. The molecule has 1 heterocycles. The highest BCUT2D eigenvalue weighted by Gasteiger charge is 2.18. The van der Waals surface area contributed by atoms with Gasteiger partial charge in [0.2, 0.25) is 0 Å². The molecule has 2 aromatic carbocycles. The molecule has 1 amide bonds. The van der Waals surface area contributed by atoms with Crippen LogP contribution >= 0.6 is 0 Å². The average Bonchev–Trinajstić information content (AvgIpc) is 2.95. The Morgan fingerprint density at radius 1 is 1.12 bits per heavy atom. The number of aromatic nitrogens is 1. The first-order chi connectivity index (χ1) is 12.5. The van der Waals surface area contributed by atoms with E-state index in [1.54, 1.807) is 14.2 Å². The average molecular weight is 352 g/mol. The predicted octanol–water partition coefficient (Wildman–Crippen LogP) is 4.29. The van der Waals surface area contributed by atoms with Gasteiger partial charge in [0.15, 0.2) is 0 Å². The van der Waals surface area contributed by atoms with Crippen molar-refractivity contribution in [1.29, 1.82) is 0 Å². The van der Waals surface area contributed by atoms with Crippen LogP contribution in [-0.2, 0) is 0 Å². The third kappa shape index (κ3) is 3.12. The Hall–Kier alpha value is -2.95. The van der Waals surface area contributed by atoms with E-state index in [0.29, 0.717) is 17.1 Å². The third-order valence-corrected chi connectivity index (χ3v) is 4.84. The van der Waals surface area contributed by atoms with Gasteiger partial charge in [-0.05, 0) is 44.5 Å². The van der Waals surface area contributed by atoms with E-state index >= 15 is 0 Å². The number of carbonyl (C=O) groups is 1. The van der Waals surface area contributed by atoms with Crippen molar-refractivity contribution < 1.29 is 14.3 Å². The van der Waals surface area contributed by atoms with E-state index in [1.807, 2.05) is 50.2 Å². The highest BCUT2D eigenvalue weighted by Crippen LogP contribution is 2.30. The molecule has 0 radical (unpaired) electrons. The van der Waals surface area contributed by atoms with Crippen molar-refractivity contribution in [2.24, 2.45) is 0 Å². The Kier molecular flexibility index (Phi) is 4.89. The van der Waals surface area contributed by atoms with Crippen LogP contribution in [0, 0.1) is 13.8 Å². The Labute approximate surface area is 153 Å². The molecule has 1 aromatic heterocycles. The minimum atomic E-state index is -0.212. The zero-order valence-corrected chi connectivity index (χ0v) is 15.8. The van der Waals surface area contributed by atoms with E-state index in [4.69, 9.17) is 9.47 Å². The van der Waals surface area contributed by atoms with Gasteiger partial charge in [0.25, 0.3) is 5.91 Å². The van der Waals surface area contributed by atoms with Crippen molar-refractivity contribution in [3.05, 3.63) is 58.8 Å². The van der Waals surface area contributed by atoms with Gasteiger partial charge < -0.3 is 19.8 Å². The minimum absolute atomic E-state index is 0.123. The van der Waals surface area contributed by atoms with Gasteiger partial charge in [0, 0.05) is 22.7 Å². The van der Waals surface area contributed by atoms with Crippen molar-refractivity contribution in [3.8, 4) is 11.5 Å². The number of para-hydroxylation sites is 1. The molecule has 5 heteroatoms. The fourth-order valence-electron chi connectivity index (χ4n) is 3.20. The van der Waals surface area contributed by atoms with E-state index in [9.17, 15) is 4.79 Å². The quantitative estimate of drug-likeness (QED) is 0.720. The largest absolute Gasteiger partial charge is 0.497 e. The molecule has 0 aliphatic carbocycles. The van der Waals surface area contributed by atoms with Gasteiger partial charge >= 0.3 is 0 Å². The molecule has 0 aliphatic heterocycles. The fourth-order valence-corrected chi connectivity index (χ4v) is 3.20. The maximum absolute atomic E-state index is 12.9. The van der Waals surface area contributed by atoms with Gasteiger partial charge in [0.05, 0.1) is 31.3 Å². The lowest BCUT2D eigenvalue weighted by Gasteiger charge is -2.18. The Balaban J connectivity index is 1.90. The molecule has 0 bridgehead atoms. The van der Waals surface area contributed by atoms with Crippen molar-refractivity contribution in [1.82, 2.24) is 10.3 Å². The lowest BCUT2D eigenvalue weighted by molar-refractivity contribution is 0.0941. The van der Waals surface area contributed by atoms with Crippen molar-refractivity contribution in [2.75, 3.05) is 14.2 Å². The lowest BCUT2D eigenvalue weighted by Crippen LogP contribution is -2.27. The molecule has 1 unspecified atom stereocenters. The van der Waals surface area contributed by atoms with Gasteiger partial charge in [0.1, 0.15) is 11.5 Å². The van der Waals surface area contributed by atoms with E-state index in [1.165, 1.54) is 5.56 Å². The first-order valence-electron chi connectivity index (χ1n) is 8.57. The first-order valence-corrected chi connectivity index (χ1v) is 8.57. The summed E-state index contributed by atoms with van der Waals surface area (Å²) in [7, 11) is 3.22. The first kappa shape index (κ1) is 17.9. The number of benzene rings is 2. The number of ether oxygens (including phenoxy) is 2. The van der Waals surface area contributed by atoms with E-state index in [-0.39, 0.29) is 11.9 Å². The molecule has 26 heavy (non-hydrogen) atoms. The maximum atomic E-state index is 12.9. The number of fused-ring (bicyclic) bond motifs is 1. The summed E-state index contributed by atoms with van der Waals surface area (Å²) in [6.07, 6.45) is 0. The van der Waals surface area contributed by atoms with Crippen LogP contribution in [-0.4, -0.2) is 25.1 Å². The summed E-state index contributed by atoms with van der Waals surface area (Å²) in [6.45, 7) is 6.01. The molecular formula is C21H24N2O3. The molecule has 0 saturated carbocycles. The van der Waals surface area contributed by atoms with Crippen LogP contribution in [0.2, 0.25) is 0 Å². The van der Waals surface area contributed by atoms with Crippen LogP contribution in [0.1, 0.15) is 40.1 Å². The summed E-state index contributed by atoms with van der Waals surface area (Å²) in [4.78, 5) is 16.2. The number of hydrogen-bond donors (Lipinski definition) is 2. The van der Waals surface area contributed by atoms with Crippen LogP contribution in [0.5, 0.6) is 11.5 Å². The monoisotopic (exact) mass is 352 g/mol. The van der Waals surface area contributed by atoms with Gasteiger partial charge in [-0.25, -0.2) is 0 Å². The number of hydrogen-bond acceptors (Lipinski definition) is 3. The van der Waals surface area contributed by atoms with Gasteiger partial charge in [-0.1, -0.05) is 12.1 Å². The summed E-state index contributed by atoms with van der Waals surface area (Å²) in [5, 5.41) is 4.14. The number of aromatic amines is 1. The van der Waals surface area contributed by atoms with E-state index in [0.717, 1.165) is 22.2 Å². The highest BCUT2D eigenvalue weighted by molar-refractivity contribution is 6.06. The Bertz CT molecular complexity index is 959. The second kappa shape index (κ2) is 7.12. The summed E-state index contributed by atoms with van der Waals surface area (Å²) in [6, 6.07) is 11.2. The lowest BCUT2D eigenvalue weighted by atomic mass is 10.0. The molecule has 2 N–H and O–H groups in total. The summed E-state index contributed by atoms with van der Waals surface area (Å²) in [5.74, 6) is 1.27. The van der Waals surface area contributed by atoms with Gasteiger partial charge in [-0.2, -0.15) is 0 Å². The van der Waals surface area contributed by atoms with Crippen LogP contribution < -0.4 is 14.8 Å². The fraction of sp³-hybridized carbons (Fsp3) is 0.286. The molecular weight excluding hydrogens is 328 g/mol. The number of nitrogens with one attached hydrogen (secondary N) is 2. The Morgan fingerprint density at radius 2 is 1.88 bits per heavy atom. The number of rotatable bonds is 5. The molecule has 136 valence electrons.